The van der Waals surface area contributed by atoms with Gasteiger partial charge in [-0.25, -0.2) is 4.98 Å². The maximum atomic E-state index is 5.89. The number of imidazole rings is 1. The van der Waals surface area contributed by atoms with Gasteiger partial charge >= 0.3 is 0 Å². The van der Waals surface area contributed by atoms with E-state index in [1.165, 1.54) is 0 Å². The van der Waals surface area contributed by atoms with E-state index < -0.39 is 0 Å². The summed E-state index contributed by atoms with van der Waals surface area (Å²) in [5, 5.41) is 4.08. The maximum absolute atomic E-state index is 5.89. The summed E-state index contributed by atoms with van der Waals surface area (Å²) in [5.41, 5.74) is 9.02. The van der Waals surface area contributed by atoms with Crippen molar-refractivity contribution in [2.24, 2.45) is 0 Å². The number of nitrogens with zero attached hydrogens (tertiary/aromatic N) is 5. The summed E-state index contributed by atoms with van der Waals surface area (Å²) >= 11 is 1.58. The smallest absolute Gasteiger partial charge is 0.232 e. The lowest BCUT2D eigenvalue weighted by Gasteiger charge is -2.10. The Labute approximate surface area is 173 Å². The third-order valence-electron chi connectivity index (χ3n) is 4.26. The lowest BCUT2D eigenvalue weighted by atomic mass is 10.2. The third kappa shape index (κ3) is 4.55. The molecule has 7 nitrogen and oxygen atoms in total. The van der Waals surface area contributed by atoms with Crippen LogP contribution in [-0.4, -0.2) is 24.5 Å². The highest BCUT2D eigenvalue weighted by atomic mass is 32.2. The fraction of sp³-hybridized carbons (Fsp3) is 0.143. The number of anilines is 3. The van der Waals surface area contributed by atoms with E-state index >= 15 is 0 Å². The van der Waals surface area contributed by atoms with Crippen LogP contribution in [0.2, 0.25) is 0 Å². The van der Waals surface area contributed by atoms with Crippen LogP contribution < -0.4 is 11.1 Å². The monoisotopic (exact) mass is 403 g/mol. The SMILES string of the molecule is CCn1c(-c2ccccc2)cnc1SCc1nc(N)nc(Nc2ccccc2)n1. The van der Waals surface area contributed by atoms with E-state index in [1.807, 2.05) is 54.7 Å². The number of benzene rings is 2. The van der Waals surface area contributed by atoms with Gasteiger partial charge in [-0.3, -0.25) is 0 Å². The molecule has 146 valence electrons. The van der Waals surface area contributed by atoms with E-state index in [0.717, 1.165) is 28.6 Å². The van der Waals surface area contributed by atoms with Crippen molar-refractivity contribution in [1.29, 1.82) is 0 Å². The van der Waals surface area contributed by atoms with Crippen LogP contribution in [-0.2, 0) is 12.3 Å². The molecule has 2 heterocycles. The van der Waals surface area contributed by atoms with Crippen molar-refractivity contribution in [2.45, 2.75) is 24.4 Å². The number of nitrogens with two attached hydrogens (primary N) is 1. The van der Waals surface area contributed by atoms with Gasteiger partial charge in [0.1, 0.15) is 5.82 Å². The summed E-state index contributed by atoms with van der Waals surface area (Å²) in [6.07, 6.45) is 1.91. The van der Waals surface area contributed by atoms with Gasteiger partial charge in [0, 0.05) is 12.2 Å². The van der Waals surface area contributed by atoms with Crippen LogP contribution in [0, 0.1) is 0 Å². The zero-order valence-electron chi connectivity index (χ0n) is 16.0. The van der Waals surface area contributed by atoms with E-state index in [-0.39, 0.29) is 5.95 Å². The first-order valence-electron chi connectivity index (χ1n) is 9.29. The molecule has 0 bridgehead atoms. The Kier molecular flexibility index (Phi) is 5.71. The lowest BCUT2D eigenvalue weighted by molar-refractivity contribution is 0.687. The number of aromatic nitrogens is 5. The maximum Gasteiger partial charge on any atom is 0.232 e. The van der Waals surface area contributed by atoms with Gasteiger partial charge in [-0.05, 0) is 24.6 Å². The van der Waals surface area contributed by atoms with Gasteiger partial charge in [-0.15, -0.1) is 0 Å². The summed E-state index contributed by atoms with van der Waals surface area (Å²) in [7, 11) is 0. The molecule has 0 aliphatic heterocycles. The van der Waals surface area contributed by atoms with Crippen LogP contribution in [0.15, 0.2) is 72.0 Å². The molecule has 4 rings (SSSR count). The van der Waals surface area contributed by atoms with Gasteiger partial charge in [0.2, 0.25) is 11.9 Å². The molecule has 2 aromatic carbocycles. The van der Waals surface area contributed by atoms with E-state index in [9.17, 15) is 0 Å². The Morgan fingerprint density at radius 3 is 2.41 bits per heavy atom. The third-order valence-corrected chi connectivity index (χ3v) is 5.25. The van der Waals surface area contributed by atoms with E-state index in [1.54, 1.807) is 11.8 Å². The topological polar surface area (TPSA) is 94.5 Å². The van der Waals surface area contributed by atoms with Gasteiger partial charge < -0.3 is 15.6 Å². The van der Waals surface area contributed by atoms with Crippen LogP contribution in [0.1, 0.15) is 12.7 Å². The Bertz CT molecular complexity index is 1080. The van der Waals surface area contributed by atoms with Crippen LogP contribution in [0.4, 0.5) is 17.6 Å². The molecule has 3 N–H and O–H groups in total. The molecule has 0 aliphatic carbocycles. The lowest BCUT2D eigenvalue weighted by Crippen LogP contribution is -2.07. The van der Waals surface area contributed by atoms with Crippen LogP contribution in [0.3, 0.4) is 0 Å². The normalized spacial score (nSPS) is 10.8. The Balaban J connectivity index is 1.51. The molecule has 0 radical (unpaired) electrons. The average Bonchev–Trinajstić information content (AvgIpc) is 3.16. The van der Waals surface area contributed by atoms with E-state index in [0.29, 0.717) is 17.5 Å². The highest BCUT2D eigenvalue weighted by Crippen LogP contribution is 2.27. The van der Waals surface area contributed by atoms with Crippen LogP contribution >= 0.6 is 11.8 Å². The summed E-state index contributed by atoms with van der Waals surface area (Å²) in [6.45, 7) is 2.94. The predicted molar refractivity (Wildman–Crippen MR) is 117 cm³/mol. The van der Waals surface area contributed by atoms with Gasteiger partial charge in [0.05, 0.1) is 17.6 Å². The molecule has 0 saturated carbocycles. The predicted octanol–water partition coefficient (Wildman–Crippen LogP) is 4.37. The largest absolute Gasteiger partial charge is 0.368 e. The minimum Gasteiger partial charge on any atom is -0.368 e. The standard InChI is InChI=1S/C21H21N7S/c1-2-28-17(15-9-5-3-6-10-15)13-23-21(28)29-14-18-25-19(22)27-20(26-18)24-16-11-7-4-8-12-16/h3-13H,2,14H2,1H3,(H3,22,24,25,26,27). The van der Waals surface area contributed by atoms with Crippen molar-refractivity contribution in [3.05, 3.63) is 72.7 Å². The molecular weight excluding hydrogens is 382 g/mol. The molecule has 8 heteroatoms. The molecule has 0 saturated heterocycles. The Morgan fingerprint density at radius 1 is 0.966 bits per heavy atom. The summed E-state index contributed by atoms with van der Waals surface area (Å²) in [4.78, 5) is 17.5. The molecule has 0 atom stereocenters. The van der Waals surface area contributed by atoms with Crippen molar-refractivity contribution in [1.82, 2.24) is 24.5 Å². The van der Waals surface area contributed by atoms with Crippen molar-refractivity contribution in [3.63, 3.8) is 0 Å². The second-order valence-electron chi connectivity index (χ2n) is 6.25. The Morgan fingerprint density at radius 2 is 1.69 bits per heavy atom. The van der Waals surface area contributed by atoms with E-state index in [4.69, 9.17) is 5.73 Å². The molecule has 0 spiro atoms. The fourth-order valence-corrected chi connectivity index (χ4v) is 3.85. The average molecular weight is 404 g/mol. The van der Waals surface area contributed by atoms with Gasteiger partial charge in [-0.1, -0.05) is 60.3 Å². The molecule has 0 aliphatic rings. The zero-order chi connectivity index (χ0) is 20.1. The molecule has 0 fully saturated rings. The number of hydrogen-bond donors (Lipinski definition) is 2. The highest BCUT2D eigenvalue weighted by Gasteiger charge is 2.13. The summed E-state index contributed by atoms with van der Waals surface area (Å²) in [6, 6.07) is 20.0. The molecular formula is C21H21N7S. The molecule has 2 aromatic heterocycles. The first-order chi connectivity index (χ1) is 14.2. The van der Waals surface area contributed by atoms with Crippen molar-refractivity contribution in [2.75, 3.05) is 11.1 Å². The fourth-order valence-electron chi connectivity index (χ4n) is 2.96. The first-order valence-corrected chi connectivity index (χ1v) is 10.3. The molecule has 0 amide bonds. The second-order valence-corrected chi connectivity index (χ2v) is 7.19. The van der Waals surface area contributed by atoms with Crippen LogP contribution in [0.5, 0.6) is 0 Å². The summed E-state index contributed by atoms with van der Waals surface area (Å²) in [5.74, 6) is 1.77. The van der Waals surface area contributed by atoms with Crippen molar-refractivity contribution < 1.29 is 0 Å². The van der Waals surface area contributed by atoms with Crippen molar-refractivity contribution >= 4 is 29.3 Å². The van der Waals surface area contributed by atoms with E-state index in [2.05, 4.69) is 48.9 Å². The number of thioether (sulfide) groups is 1. The van der Waals surface area contributed by atoms with Gasteiger partial charge in [-0.2, -0.15) is 15.0 Å². The minimum atomic E-state index is 0.192. The number of nitrogen functional groups attached to an aromatic ring is 1. The zero-order valence-corrected chi connectivity index (χ0v) is 16.8. The van der Waals surface area contributed by atoms with Crippen LogP contribution in [0.25, 0.3) is 11.3 Å². The van der Waals surface area contributed by atoms with Crippen molar-refractivity contribution in [3.8, 4) is 11.3 Å². The minimum absolute atomic E-state index is 0.192. The van der Waals surface area contributed by atoms with Gasteiger partial charge in [0.25, 0.3) is 0 Å². The molecule has 4 aromatic rings. The summed E-state index contributed by atoms with van der Waals surface area (Å²) < 4.78 is 2.19. The quantitative estimate of drug-likeness (QED) is 0.442. The first kappa shape index (κ1) is 18.9. The number of hydrogen-bond acceptors (Lipinski definition) is 7. The number of rotatable bonds is 7. The highest BCUT2D eigenvalue weighted by molar-refractivity contribution is 7.98. The second kappa shape index (κ2) is 8.74. The number of nitrogens with one attached hydrogen (secondary N) is 1. The molecule has 29 heavy (non-hydrogen) atoms. The Hall–Kier alpha value is -3.39. The molecule has 0 unspecified atom stereocenters. The number of para-hydroxylation sites is 1. The van der Waals surface area contributed by atoms with Gasteiger partial charge in [0.15, 0.2) is 5.16 Å².